The van der Waals surface area contributed by atoms with Gasteiger partial charge in [-0.2, -0.15) is 0 Å². The molecule has 0 radical (unpaired) electrons. The van der Waals surface area contributed by atoms with Crippen LogP contribution >= 0.6 is 23.2 Å². The van der Waals surface area contributed by atoms with E-state index in [1.165, 1.54) is 31.4 Å². The standard InChI is InChI=1S/C19H20Cl2N2O4S/c1-27-17-9-6-12(19(24)22-16-11-13(20)7-8-15(16)21)10-18(17)28(25,26)23-14-4-2-3-5-14/h6-11,14,23H,2-5H2,1H3,(H,22,24). The highest BCUT2D eigenvalue weighted by Crippen LogP contribution is 2.29. The molecular formula is C19H20Cl2N2O4S. The maximum Gasteiger partial charge on any atom is 0.255 e. The first-order valence-electron chi connectivity index (χ1n) is 8.77. The quantitative estimate of drug-likeness (QED) is 0.690. The normalized spacial score (nSPS) is 14.8. The molecule has 0 bridgehead atoms. The predicted molar refractivity (Wildman–Crippen MR) is 110 cm³/mol. The van der Waals surface area contributed by atoms with E-state index in [0.29, 0.717) is 15.7 Å². The number of ether oxygens (including phenoxy) is 1. The Balaban J connectivity index is 1.89. The molecule has 3 rings (SSSR count). The number of methoxy groups -OCH3 is 1. The fraction of sp³-hybridized carbons (Fsp3) is 0.316. The number of hydrogen-bond donors (Lipinski definition) is 2. The molecule has 1 fully saturated rings. The van der Waals surface area contributed by atoms with Crippen LogP contribution in [0.2, 0.25) is 10.0 Å². The fourth-order valence-electron chi connectivity index (χ4n) is 3.14. The topological polar surface area (TPSA) is 84.5 Å². The van der Waals surface area contributed by atoms with Crippen LogP contribution in [0.15, 0.2) is 41.3 Å². The zero-order valence-corrected chi connectivity index (χ0v) is 17.5. The number of hydrogen-bond acceptors (Lipinski definition) is 4. The number of carbonyl (C=O) groups excluding carboxylic acids is 1. The molecule has 0 spiro atoms. The van der Waals surface area contributed by atoms with Gasteiger partial charge in [0.1, 0.15) is 10.6 Å². The zero-order valence-electron chi connectivity index (χ0n) is 15.2. The van der Waals surface area contributed by atoms with Gasteiger partial charge < -0.3 is 10.1 Å². The summed E-state index contributed by atoms with van der Waals surface area (Å²) in [6.07, 6.45) is 3.59. The Labute approximate surface area is 174 Å². The molecule has 150 valence electrons. The summed E-state index contributed by atoms with van der Waals surface area (Å²) in [6.45, 7) is 0. The first-order valence-corrected chi connectivity index (χ1v) is 11.0. The Hall–Kier alpha value is -1.80. The van der Waals surface area contributed by atoms with E-state index in [0.717, 1.165) is 25.7 Å². The summed E-state index contributed by atoms with van der Waals surface area (Å²) in [4.78, 5) is 12.6. The van der Waals surface area contributed by atoms with E-state index in [1.54, 1.807) is 12.1 Å². The number of carbonyl (C=O) groups is 1. The number of rotatable bonds is 6. The van der Waals surface area contributed by atoms with E-state index < -0.39 is 15.9 Å². The van der Waals surface area contributed by atoms with E-state index in [2.05, 4.69) is 10.0 Å². The highest BCUT2D eigenvalue weighted by molar-refractivity contribution is 7.89. The summed E-state index contributed by atoms with van der Waals surface area (Å²) in [5.41, 5.74) is 0.493. The van der Waals surface area contributed by atoms with Gasteiger partial charge in [0.05, 0.1) is 17.8 Å². The molecule has 0 aromatic heterocycles. The molecular weight excluding hydrogens is 423 g/mol. The second kappa shape index (κ2) is 8.69. The molecule has 9 heteroatoms. The first kappa shape index (κ1) is 20.9. The maximum atomic E-state index is 12.8. The smallest absolute Gasteiger partial charge is 0.255 e. The third-order valence-corrected chi connectivity index (χ3v) is 6.68. The molecule has 0 saturated heterocycles. The lowest BCUT2D eigenvalue weighted by molar-refractivity contribution is 0.102. The molecule has 2 aromatic rings. The second-order valence-electron chi connectivity index (χ2n) is 6.55. The molecule has 0 unspecified atom stereocenters. The van der Waals surface area contributed by atoms with Gasteiger partial charge in [0.15, 0.2) is 0 Å². The number of anilines is 1. The number of halogens is 2. The lowest BCUT2D eigenvalue weighted by Gasteiger charge is -2.16. The van der Waals surface area contributed by atoms with Gasteiger partial charge in [0.2, 0.25) is 10.0 Å². The van der Waals surface area contributed by atoms with Crippen molar-refractivity contribution in [2.45, 2.75) is 36.6 Å². The van der Waals surface area contributed by atoms with Gasteiger partial charge in [-0.3, -0.25) is 4.79 Å². The number of benzene rings is 2. The lowest BCUT2D eigenvalue weighted by Crippen LogP contribution is -2.33. The van der Waals surface area contributed by atoms with Crippen LogP contribution in [0.1, 0.15) is 36.0 Å². The van der Waals surface area contributed by atoms with Crippen LogP contribution in [0.5, 0.6) is 5.75 Å². The van der Waals surface area contributed by atoms with E-state index in [4.69, 9.17) is 27.9 Å². The molecule has 28 heavy (non-hydrogen) atoms. The molecule has 0 aliphatic heterocycles. The minimum atomic E-state index is -3.83. The highest BCUT2D eigenvalue weighted by atomic mass is 35.5. The Morgan fingerprint density at radius 2 is 1.82 bits per heavy atom. The van der Waals surface area contributed by atoms with E-state index in [9.17, 15) is 13.2 Å². The average molecular weight is 443 g/mol. The van der Waals surface area contributed by atoms with Crippen molar-refractivity contribution in [2.75, 3.05) is 12.4 Å². The molecule has 0 atom stereocenters. The van der Waals surface area contributed by atoms with Crippen LogP contribution in [0, 0.1) is 0 Å². The van der Waals surface area contributed by atoms with E-state index in [-0.39, 0.29) is 22.3 Å². The number of nitrogens with one attached hydrogen (secondary N) is 2. The number of sulfonamides is 1. The summed E-state index contributed by atoms with van der Waals surface area (Å²) in [5.74, 6) is -0.341. The Bertz CT molecular complexity index is 989. The Morgan fingerprint density at radius 1 is 1.11 bits per heavy atom. The van der Waals surface area contributed by atoms with Crippen LogP contribution in [0.4, 0.5) is 5.69 Å². The van der Waals surface area contributed by atoms with Crippen LogP contribution < -0.4 is 14.8 Å². The summed E-state index contributed by atoms with van der Waals surface area (Å²) in [5, 5.41) is 3.38. The largest absolute Gasteiger partial charge is 0.495 e. The summed E-state index contributed by atoms with van der Waals surface area (Å²) < 4.78 is 33.6. The minimum Gasteiger partial charge on any atom is -0.495 e. The number of amides is 1. The molecule has 2 N–H and O–H groups in total. The van der Waals surface area contributed by atoms with Gasteiger partial charge in [0.25, 0.3) is 5.91 Å². The summed E-state index contributed by atoms with van der Waals surface area (Å²) >= 11 is 12.0. The van der Waals surface area contributed by atoms with Gasteiger partial charge in [0, 0.05) is 16.6 Å². The van der Waals surface area contributed by atoms with Crippen molar-refractivity contribution in [3.63, 3.8) is 0 Å². The van der Waals surface area contributed by atoms with E-state index >= 15 is 0 Å². The monoisotopic (exact) mass is 442 g/mol. The van der Waals surface area contributed by atoms with Gasteiger partial charge in [-0.15, -0.1) is 0 Å². The second-order valence-corrected chi connectivity index (χ2v) is 9.07. The van der Waals surface area contributed by atoms with Gasteiger partial charge in [-0.1, -0.05) is 36.0 Å². The van der Waals surface area contributed by atoms with Crippen LogP contribution in [-0.2, 0) is 10.0 Å². The molecule has 1 saturated carbocycles. The van der Waals surface area contributed by atoms with Crippen LogP contribution in [0.3, 0.4) is 0 Å². The lowest BCUT2D eigenvalue weighted by atomic mass is 10.2. The van der Waals surface area contributed by atoms with Crippen LogP contribution in [0.25, 0.3) is 0 Å². The van der Waals surface area contributed by atoms with Crippen molar-refractivity contribution >= 4 is 44.8 Å². The van der Waals surface area contributed by atoms with Crippen molar-refractivity contribution in [2.24, 2.45) is 0 Å². The molecule has 1 aliphatic carbocycles. The average Bonchev–Trinajstić information content (AvgIpc) is 3.16. The molecule has 1 amide bonds. The summed E-state index contributed by atoms with van der Waals surface area (Å²) in [7, 11) is -2.45. The predicted octanol–water partition coefficient (Wildman–Crippen LogP) is 4.48. The first-order chi connectivity index (χ1) is 13.3. The fourth-order valence-corrected chi connectivity index (χ4v) is 4.98. The molecule has 0 heterocycles. The Morgan fingerprint density at radius 3 is 2.50 bits per heavy atom. The Kier molecular flexibility index (Phi) is 6.50. The molecule has 6 nitrogen and oxygen atoms in total. The van der Waals surface area contributed by atoms with Gasteiger partial charge >= 0.3 is 0 Å². The van der Waals surface area contributed by atoms with Crippen molar-refractivity contribution in [3.05, 3.63) is 52.0 Å². The van der Waals surface area contributed by atoms with Gasteiger partial charge in [-0.05, 0) is 49.2 Å². The van der Waals surface area contributed by atoms with Crippen molar-refractivity contribution < 1.29 is 17.9 Å². The van der Waals surface area contributed by atoms with Gasteiger partial charge in [-0.25, -0.2) is 13.1 Å². The van der Waals surface area contributed by atoms with E-state index in [1.807, 2.05) is 0 Å². The van der Waals surface area contributed by atoms with Crippen molar-refractivity contribution in [1.29, 1.82) is 0 Å². The molecule has 2 aromatic carbocycles. The van der Waals surface area contributed by atoms with Crippen molar-refractivity contribution in [3.8, 4) is 5.75 Å². The maximum absolute atomic E-state index is 12.8. The highest BCUT2D eigenvalue weighted by Gasteiger charge is 2.26. The molecule has 1 aliphatic rings. The SMILES string of the molecule is COc1ccc(C(=O)Nc2cc(Cl)ccc2Cl)cc1S(=O)(=O)NC1CCCC1. The van der Waals surface area contributed by atoms with Crippen molar-refractivity contribution in [1.82, 2.24) is 4.72 Å². The zero-order chi connectivity index (χ0) is 20.3. The minimum absolute atomic E-state index is 0.0771. The summed E-state index contributed by atoms with van der Waals surface area (Å²) in [6, 6.07) is 8.83. The third kappa shape index (κ3) is 4.78. The van der Waals surface area contributed by atoms with Crippen LogP contribution in [-0.4, -0.2) is 27.5 Å². The third-order valence-electron chi connectivity index (χ3n) is 4.57.